The molecule has 0 spiro atoms. The number of carbonyl (C=O) groups excluding carboxylic acids is 1. The molecule has 3 heterocycles. The summed E-state index contributed by atoms with van der Waals surface area (Å²) in [5.41, 5.74) is 4.56. The maximum Gasteiger partial charge on any atom is 0.312 e. The first-order chi connectivity index (χ1) is 15.5. The Morgan fingerprint density at radius 2 is 2.06 bits per heavy atom. The van der Waals surface area contributed by atoms with Crippen LogP contribution in [0.1, 0.15) is 62.1 Å². The van der Waals surface area contributed by atoms with E-state index in [1.165, 1.54) is 23.1 Å². The van der Waals surface area contributed by atoms with Crippen molar-refractivity contribution in [2.24, 2.45) is 5.41 Å². The molecule has 1 atom stereocenters. The fourth-order valence-corrected chi connectivity index (χ4v) is 5.34. The Bertz CT molecular complexity index is 895. The van der Waals surface area contributed by atoms with Gasteiger partial charge in [0, 0.05) is 25.5 Å². The molecule has 6 nitrogen and oxygen atoms in total. The number of likely N-dealkylation sites (tertiary alicyclic amines) is 1. The number of carbonyl (C=O) groups is 1. The number of hydrogen-bond acceptors (Lipinski definition) is 5. The van der Waals surface area contributed by atoms with Crippen molar-refractivity contribution in [2.45, 2.75) is 71.9 Å². The molecule has 32 heavy (non-hydrogen) atoms. The van der Waals surface area contributed by atoms with E-state index in [2.05, 4.69) is 36.0 Å². The summed E-state index contributed by atoms with van der Waals surface area (Å²) in [7, 11) is 0. The number of hydrogen-bond donors (Lipinski definition) is 0. The second-order valence-electron chi connectivity index (χ2n) is 9.50. The van der Waals surface area contributed by atoms with Crippen LogP contribution in [0.25, 0.3) is 5.69 Å². The number of nitrogens with zero attached hydrogens (tertiary/aromatic N) is 3. The lowest BCUT2D eigenvalue weighted by molar-refractivity contribution is -0.162. The van der Waals surface area contributed by atoms with Crippen molar-refractivity contribution in [3.8, 4) is 5.69 Å². The number of ether oxygens (including phenoxy) is 2. The fraction of sp³-hybridized carbons (Fsp3) is 0.615. The van der Waals surface area contributed by atoms with Crippen LogP contribution in [-0.2, 0) is 20.8 Å². The van der Waals surface area contributed by atoms with Crippen molar-refractivity contribution in [2.75, 3.05) is 26.3 Å². The number of aromatic nitrogens is 2. The van der Waals surface area contributed by atoms with Gasteiger partial charge in [-0.05, 0) is 101 Å². The summed E-state index contributed by atoms with van der Waals surface area (Å²) in [6, 6.07) is 6.42. The molecule has 0 N–H and O–H groups in total. The fourth-order valence-electron chi connectivity index (χ4n) is 5.34. The van der Waals surface area contributed by atoms with Gasteiger partial charge in [-0.3, -0.25) is 9.69 Å². The van der Waals surface area contributed by atoms with Crippen LogP contribution in [0.5, 0.6) is 0 Å². The molecule has 2 aliphatic rings. The minimum atomic E-state index is -0.415. The first-order valence-electron chi connectivity index (χ1n) is 12.1. The van der Waals surface area contributed by atoms with E-state index >= 15 is 0 Å². The first-order valence-corrected chi connectivity index (χ1v) is 12.1. The summed E-state index contributed by atoms with van der Waals surface area (Å²) in [5, 5.41) is 4.48. The van der Waals surface area contributed by atoms with Crippen LogP contribution < -0.4 is 0 Å². The molecule has 1 aromatic heterocycles. The highest BCUT2D eigenvalue weighted by atomic mass is 16.5. The van der Waals surface area contributed by atoms with Crippen LogP contribution in [0.4, 0.5) is 0 Å². The Morgan fingerprint density at radius 1 is 1.25 bits per heavy atom. The lowest BCUT2D eigenvalue weighted by Crippen LogP contribution is -2.47. The molecule has 1 aromatic carbocycles. The predicted molar refractivity (Wildman–Crippen MR) is 125 cm³/mol. The van der Waals surface area contributed by atoms with Crippen molar-refractivity contribution < 1.29 is 14.3 Å². The second kappa shape index (κ2) is 10.2. The maximum atomic E-state index is 13.1. The monoisotopic (exact) mass is 439 g/mol. The summed E-state index contributed by atoms with van der Waals surface area (Å²) < 4.78 is 13.5. The molecule has 0 saturated carbocycles. The molecule has 0 radical (unpaired) electrons. The standard InChI is InChI=1S/C26H37N3O3/c1-4-31-25(30)26(18-22-8-5-6-15-32-22)9-13-28(14-10-26)19-23-21(3)16-20(2)17-24(23)29-12-7-11-27-29/h7,11-12,16-17,22H,4-6,8-10,13-15,18-19H2,1-3H3/t22-/m0/s1. The zero-order valence-corrected chi connectivity index (χ0v) is 19.8. The number of esters is 1. The van der Waals surface area contributed by atoms with Gasteiger partial charge in [0.2, 0.25) is 0 Å². The molecule has 0 amide bonds. The van der Waals surface area contributed by atoms with Gasteiger partial charge in [-0.1, -0.05) is 6.07 Å². The summed E-state index contributed by atoms with van der Waals surface area (Å²) >= 11 is 0. The third-order valence-corrected chi connectivity index (χ3v) is 7.14. The van der Waals surface area contributed by atoms with Crippen molar-refractivity contribution >= 4 is 5.97 Å². The van der Waals surface area contributed by atoms with Gasteiger partial charge in [-0.2, -0.15) is 5.10 Å². The molecule has 2 aromatic rings. The third kappa shape index (κ3) is 5.07. The quantitative estimate of drug-likeness (QED) is 0.591. The summed E-state index contributed by atoms with van der Waals surface area (Å²) in [6.07, 6.45) is 9.84. The van der Waals surface area contributed by atoms with E-state index in [4.69, 9.17) is 9.47 Å². The average Bonchev–Trinajstić information content (AvgIpc) is 3.32. The molecule has 0 bridgehead atoms. The lowest BCUT2D eigenvalue weighted by atomic mass is 9.73. The van der Waals surface area contributed by atoms with E-state index in [0.29, 0.717) is 6.61 Å². The van der Waals surface area contributed by atoms with Crippen molar-refractivity contribution in [1.29, 1.82) is 0 Å². The molecular weight excluding hydrogens is 402 g/mol. The third-order valence-electron chi connectivity index (χ3n) is 7.14. The van der Waals surface area contributed by atoms with Gasteiger partial charge in [0.05, 0.1) is 23.8 Å². The summed E-state index contributed by atoms with van der Waals surface area (Å²) in [5.74, 6) is -0.0300. The SMILES string of the molecule is CCOC(=O)C1(C[C@@H]2CCCCO2)CCN(Cc2c(C)cc(C)cc2-n2cccn2)CC1. The van der Waals surface area contributed by atoms with Crippen molar-refractivity contribution in [3.63, 3.8) is 0 Å². The van der Waals surface area contributed by atoms with E-state index in [0.717, 1.165) is 64.0 Å². The Labute approximate surface area is 191 Å². The molecule has 6 heteroatoms. The maximum absolute atomic E-state index is 13.1. The summed E-state index contributed by atoms with van der Waals surface area (Å²) in [6.45, 7) is 10.1. The number of piperidine rings is 1. The Hall–Kier alpha value is -2.18. The van der Waals surface area contributed by atoms with Gasteiger partial charge in [0.25, 0.3) is 0 Å². The van der Waals surface area contributed by atoms with Crippen LogP contribution >= 0.6 is 0 Å². The highest BCUT2D eigenvalue weighted by Crippen LogP contribution is 2.40. The van der Waals surface area contributed by atoms with Crippen molar-refractivity contribution in [3.05, 3.63) is 47.3 Å². The van der Waals surface area contributed by atoms with Gasteiger partial charge in [0.1, 0.15) is 0 Å². The van der Waals surface area contributed by atoms with E-state index in [1.807, 2.05) is 30.1 Å². The average molecular weight is 440 g/mol. The number of benzene rings is 1. The summed E-state index contributed by atoms with van der Waals surface area (Å²) in [4.78, 5) is 15.5. The van der Waals surface area contributed by atoms with Crippen molar-refractivity contribution in [1.82, 2.24) is 14.7 Å². The molecular formula is C26H37N3O3. The molecule has 2 fully saturated rings. The zero-order chi connectivity index (χ0) is 22.6. The second-order valence-corrected chi connectivity index (χ2v) is 9.50. The smallest absolute Gasteiger partial charge is 0.312 e. The lowest BCUT2D eigenvalue weighted by Gasteiger charge is -2.42. The largest absolute Gasteiger partial charge is 0.466 e. The first kappa shape index (κ1) is 23.0. The Balaban J connectivity index is 1.49. The van der Waals surface area contributed by atoms with E-state index in [9.17, 15) is 4.79 Å². The number of rotatable bonds is 7. The highest BCUT2D eigenvalue weighted by molar-refractivity contribution is 5.77. The molecule has 4 rings (SSSR count). The topological polar surface area (TPSA) is 56.6 Å². The van der Waals surface area contributed by atoms with Crippen LogP contribution in [0, 0.1) is 19.3 Å². The minimum absolute atomic E-state index is 0.0300. The minimum Gasteiger partial charge on any atom is -0.466 e. The molecule has 0 unspecified atom stereocenters. The van der Waals surface area contributed by atoms with Gasteiger partial charge in [0.15, 0.2) is 0 Å². The van der Waals surface area contributed by atoms with Crippen LogP contribution in [-0.4, -0.2) is 53.1 Å². The van der Waals surface area contributed by atoms with Crippen LogP contribution in [0.15, 0.2) is 30.6 Å². The molecule has 174 valence electrons. The van der Waals surface area contributed by atoms with Crippen LogP contribution in [0.3, 0.4) is 0 Å². The van der Waals surface area contributed by atoms with Gasteiger partial charge < -0.3 is 9.47 Å². The number of aryl methyl sites for hydroxylation is 2. The van der Waals surface area contributed by atoms with Gasteiger partial charge >= 0.3 is 5.97 Å². The Kier molecular flexibility index (Phi) is 7.31. The predicted octanol–water partition coefficient (Wildman–Crippen LogP) is 4.59. The van der Waals surface area contributed by atoms with Gasteiger partial charge in [-0.25, -0.2) is 4.68 Å². The molecule has 2 saturated heterocycles. The normalized spacial score (nSPS) is 21.4. The zero-order valence-electron chi connectivity index (χ0n) is 19.8. The van der Waals surface area contributed by atoms with E-state index in [-0.39, 0.29) is 12.1 Å². The molecule has 0 aliphatic carbocycles. The van der Waals surface area contributed by atoms with E-state index in [1.54, 1.807) is 0 Å². The van der Waals surface area contributed by atoms with E-state index < -0.39 is 5.41 Å². The Morgan fingerprint density at radius 3 is 2.72 bits per heavy atom. The molecule has 2 aliphatic heterocycles. The highest BCUT2D eigenvalue weighted by Gasteiger charge is 2.44. The van der Waals surface area contributed by atoms with Crippen LogP contribution in [0.2, 0.25) is 0 Å². The van der Waals surface area contributed by atoms with Gasteiger partial charge in [-0.15, -0.1) is 0 Å².